The quantitative estimate of drug-likeness (QED) is 0.629. The Morgan fingerprint density at radius 1 is 1.00 bits per heavy atom. The molecule has 1 saturated carbocycles. The second-order valence-electron chi connectivity index (χ2n) is 4.56. The van der Waals surface area contributed by atoms with Gasteiger partial charge in [0, 0.05) is 13.2 Å². The average molecular weight is 230 g/mol. The largest absolute Gasteiger partial charge is 0.373 e. The lowest BCUT2D eigenvalue weighted by Gasteiger charge is -2.27. The lowest BCUT2D eigenvalue weighted by molar-refractivity contribution is -0.178. The summed E-state index contributed by atoms with van der Waals surface area (Å²) in [4.78, 5) is 0. The first-order chi connectivity index (χ1) is 7.76. The molecule has 96 valence electrons. The van der Waals surface area contributed by atoms with Crippen molar-refractivity contribution in [2.24, 2.45) is 5.92 Å². The summed E-state index contributed by atoms with van der Waals surface area (Å²) < 4.78 is 16.7. The first-order valence-electron chi connectivity index (χ1n) is 6.61. The van der Waals surface area contributed by atoms with Gasteiger partial charge in [-0.3, -0.25) is 0 Å². The van der Waals surface area contributed by atoms with Gasteiger partial charge in [-0.15, -0.1) is 0 Å². The Bertz CT molecular complexity index is 159. The number of rotatable bonds is 7. The van der Waals surface area contributed by atoms with Crippen LogP contribution in [-0.4, -0.2) is 32.2 Å². The fourth-order valence-electron chi connectivity index (χ4n) is 2.13. The Labute approximate surface area is 99.5 Å². The predicted molar refractivity (Wildman–Crippen MR) is 64.4 cm³/mol. The van der Waals surface area contributed by atoms with Crippen molar-refractivity contribution >= 4 is 0 Å². The average Bonchev–Trinajstić information content (AvgIpc) is 2.29. The van der Waals surface area contributed by atoms with Crippen LogP contribution in [0.4, 0.5) is 0 Å². The van der Waals surface area contributed by atoms with E-state index in [0.29, 0.717) is 25.9 Å². The number of hydrogen-bond donors (Lipinski definition) is 0. The van der Waals surface area contributed by atoms with Gasteiger partial charge in [0.2, 0.25) is 0 Å². The van der Waals surface area contributed by atoms with Crippen molar-refractivity contribution in [3.8, 4) is 0 Å². The minimum atomic E-state index is -0.186. The van der Waals surface area contributed by atoms with Gasteiger partial charge in [0.15, 0.2) is 6.29 Å². The monoisotopic (exact) mass is 230 g/mol. The van der Waals surface area contributed by atoms with E-state index in [1.54, 1.807) is 0 Å². The molecule has 1 aliphatic rings. The SMILES string of the molecule is CCOC(COC1CCC(C)CC1)OCC. The van der Waals surface area contributed by atoms with Crippen molar-refractivity contribution in [1.82, 2.24) is 0 Å². The molecule has 0 saturated heterocycles. The van der Waals surface area contributed by atoms with E-state index < -0.39 is 0 Å². The highest BCUT2D eigenvalue weighted by molar-refractivity contribution is 4.70. The topological polar surface area (TPSA) is 27.7 Å². The molecule has 0 heterocycles. The van der Waals surface area contributed by atoms with Crippen LogP contribution >= 0.6 is 0 Å². The van der Waals surface area contributed by atoms with E-state index in [1.807, 2.05) is 13.8 Å². The molecule has 1 aliphatic carbocycles. The normalized spacial score (nSPS) is 26.2. The Morgan fingerprint density at radius 3 is 2.06 bits per heavy atom. The molecule has 1 fully saturated rings. The Morgan fingerprint density at radius 2 is 1.56 bits per heavy atom. The summed E-state index contributed by atoms with van der Waals surface area (Å²) in [5.74, 6) is 0.870. The van der Waals surface area contributed by atoms with Crippen LogP contribution in [0.2, 0.25) is 0 Å². The van der Waals surface area contributed by atoms with Gasteiger partial charge >= 0.3 is 0 Å². The molecular weight excluding hydrogens is 204 g/mol. The minimum absolute atomic E-state index is 0.186. The zero-order valence-corrected chi connectivity index (χ0v) is 10.9. The summed E-state index contributed by atoms with van der Waals surface area (Å²) in [6, 6.07) is 0. The molecule has 0 aromatic heterocycles. The molecule has 0 radical (unpaired) electrons. The smallest absolute Gasteiger partial charge is 0.180 e. The summed E-state index contributed by atoms with van der Waals surface area (Å²) in [5, 5.41) is 0. The summed E-state index contributed by atoms with van der Waals surface area (Å²) in [6.45, 7) is 8.20. The van der Waals surface area contributed by atoms with Crippen molar-refractivity contribution < 1.29 is 14.2 Å². The molecule has 0 N–H and O–H groups in total. The maximum Gasteiger partial charge on any atom is 0.180 e. The third kappa shape index (κ3) is 5.28. The molecule has 3 nitrogen and oxygen atoms in total. The maximum atomic E-state index is 5.85. The summed E-state index contributed by atoms with van der Waals surface area (Å²) in [7, 11) is 0. The maximum absolute atomic E-state index is 5.85. The molecule has 1 rings (SSSR count). The third-order valence-corrected chi connectivity index (χ3v) is 3.14. The van der Waals surface area contributed by atoms with Crippen molar-refractivity contribution in [2.45, 2.75) is 58.8 Å². The van der Waals surface area contributed by atoms with E-state index in [-0.39, 0.29) is 6.29 Å². The van der Waals surface area contributed by atoms with Crippen molar-refractivity contribution in [2.75, 3.05) is 19.8 Å². The van der Waals surface area contributed by atoms with Crippen LogP contribution in [0.15, 0.2) is 0 Å². The zero-order valence-electron chi connectivity index (χ0n) is 10.9. The molecule has 0 aromatic carbocycles. The molecule has 16 heavy (non-hydrogen) atoms. The Balaban J connectivity index is 2.15. The summed E-state index contributed by atoms with van der Waals surface area (Å²) in [6.07, 6.45) is 5.18. The van der Waals surface area contributed by atoms with Gasteiger partial charge in [0.05, 0.1) is 12.7 Å². The van der Waals surface area contributed by atoms with Crippen molar-refractivity contribution in [3.05, 3.63) is 0 Å². The van der Waals surface area contributed by atoms with E-state index >= 15 is 0 Å². The van der Waals surface area contributed by atoms with Gasteiger partial charge in [0.1, 0.15) is 0 Å². The minimum Gasteiger partial charge on any atom is -0.373 e. The van der Waals surface area contributed by atoms with Gasteiger partial charge in [-0.2, -0.15) is 0 Å². The lowest BCUT2D eigenvalue weighted by Crippen LogP contribution is -2.29. The molecule has 0 spiro atoms. The van der Waals surface area contributed by atoms with Crippen LogP contribution in [0.1, 0.15) is 46.5 Å². The van der Waals surface area contributed by atoms with Gasteiger partial charge in [0.25, 0.3) is 0 Å². The highest BCUT2D eigenvalue weighted by Gasteiger charge is 2.20. The first kappa shape index (κ1) is 13.9. The van der Waals surface area contributed by atoms with Crippen LogP contribution in [0.3, 0.4) is 0 Å². The second kappa shape index (κ2) is 8.04. The molecular formula is C13H26O3. The van der Waals surface area contributed by atoms with Crippen molar-refractivity contribution in [1.29, 1.82) is 0 Å². The van der Waals surface area contributed by atoms with Crippen LogP contribution in [0, 0.1) is 5.92 Å². The summed E-state index contributed by atoms with van der Waals surface area (Å²) >= 11 is 0. The fourth-order valence-corrected chi connectivity index (χ4v) is 2.13. The van der Waals surface area contributed by atoms with E-state index in [0.717, 1.165) is 5.92 Å². The second-order valence-corrected chi connectivity index (χ2v) is 4.56. The molecule has 0 atom stereocenters. The Hall–Kier alpha value is -0.120. The van der Waals surface area contributed by atoms with E-state index in [1.165, 1.54) is 25.7 Å². The fraction of sp³-hybridized carbons (Fsp3) is 1.00. The highest BCUT2D eigenvalue weighted by Crippen LogP contribution is 2.25. The highest BCUT2D eigenvalue weighted by atomic mass is 16.7. The van der Waals surface area contributed by atoms with Crippen LogP contribution in [-0.2, 0) is 14.2 Å². The molecule has 3 heteroatoms. The lowest BCUT2D eigenvalue weighted by atomic mass is 9.89. The first-order valence-corrected chi connectivity index (χ1v) is 6.61. The number of hydrogen-bond acceptors (Lipinski definition) is 3. The van der Waals surface area contributed by atoms with Crippen LogP contribution in [0.25, 0.3) is 0 Å². The van der Waals surface area contributed by atoms with Crippen molar-refractivity contribution in [3.63, 3.8) is 0 Å². The molecule has 0 aromatic rings. The Kier molecular flexibility index (Phi) is 7.01. The third-order valence-electron chi connectivity index (χ3n) is 3.14. The van der Waals surface area contributed by atoms with Gasteiger partial charge < -0.3 is 14.2 Å². The van der Waals surface area contributed by atoms with Gasteiger partial charge in [-0.1, -0.05) is 6.92 Å². The molecule has 0 aliphatic heterocycles. The van der Waals surface area contributed by atoms with Gasteiger partial charge in [-0.05, 0) is 45.4 Å². The zero-order chi connectivity index (χ0) is 11.8. The van der Waals surface area contributed by atoms with E-state index in [9.17, 15) is 0 Å². The van der Waals surface area contributed by atoms with Crippen LogP contribution in [0.5, 0.6) is 0 Å². The van der Waals surface area contributed by atoms with E-state index in [2.05, 4.69) is 6.92 Å². The number of ether oxygens (including phenoxy) is 3. The van der Waals surface area contributed by atoms with E-state index in [4.69, 9.17) is 14.2 Å². The predicted octanol–water partition coefficient (Wildman–Crippen LogP) is 2.98. The summed E-state index contributed by atoms with van der Waals surface area (Å²) in [5.41, 5.74) is 0. The standard InChI is InChI=1S/C13H26O3/c1-4-14-13(15-5-2)10-16-12-8-6-11(3)7-9-12/h11-13H,4-10H2,1-3H3. The molecule has 0 unspecified atom stereocenters. The van der Waals surface area contributed by atoms with Gasteiger partial charge in [-0.25, -0.2) is 0 Å². The molecule has 0 bridgehead atoms. The van der Waals surface area contributed by atoms with Crippen LogP contribution < -0.4 is 0 Å². The molecule has 0 amide bonds.